The van der Waals surface area contributed by atoms with Crippen molar-refractivity contribution >= 4 is 39.9 Å². The number of carbonyl (C=O) groups is 1. The fourth-order valence-electron chi connectivity index (χ4n) is 4.34. The number of hydrogen-bond donors (Lipinski definition) is 2. The summed E-state index contributed by atoms with van der Waals surface area (Å²) in [6.45, 7) is 3.92. The van der Waals surface area contributed by atoms with Gasteiger partial charge in [-0.2, -0.15) is 0 Å². The third-order valence-electron chi connectivity index (χ3n) is 5.77. The first kappa shape index (κ1) is 20.7. The molecule has 2 N–H and O–H groups in total. The summed E-state index contributed by atoms with van der Waals surface area (Å²) in [6, 6.07) is 9.42. The molecule has 1 aliphatic rings. The van der Waals surface area contributed by atoms with E-state index in [9.17, 15) is 4.79 Å². The van der Waals surface area contributed by atoms with Gasteiger partial charge in [-0.05, 0) is 49.4 Å². The zero-order chi connectivity index (χ0) is 20.9. The van der Waals surface area contributed by atoms with Crippen molar-refractivity contribution in [3.8, 4) is 0 Å². The molecular weight excluding hydrogens is 398 g/mol. The number of Topliss-reactive ketones (excluding diaryl/α,β-unsaturated/α-hetero) is 1. The second-order valence-electron chi connectivity index (χ2n) is 8.06. The lowest BCUT2D eigenvalue weighted by Crippen LogP contribution is -2.39. The van der Waals surface area contributed by atoms with E-state index in [1.54, 1.807) is 6.33 Å². The minimum atomic E-state index is -0.181. The molecule has 0 spiro atoms. The number of piperidine rings is 1. The fraction of sp³-hybridized carbons (Fsp3) is 0.435. The van der Waals surface area contributed by atoms with E-state index in [2.05, 4.69) is 32.1 Å². The molecule has 0 radical (unpaired) electrons. The van der Waals surface area contributed by atoms with Gasteiger partial charge >= 0.3 is 0 Å². The van der Waals surface area contributed by atoms with Gasteiger partial charge in [0.2, 0.25) is 0 Å². The highest BCUT2D eigenvalue weighted by atomic mass is 35.5. The molecule has 7 heteroatoms. The van der Waals surface area contributed by atoms with Crippen LogP contribution in [0.4, 0.5) is 11.5 Å². The Hall–Kier alpha value is -2.60. The summed E-state index contributed by atoms with van der Waals surface area (Å²) in [4.78, 5) is 27.4. The maximum atomic E-state index is 13.2. The largest absolute Gasteiger partial charge is 0.375 e. The predicted octanol–water partition coefficient (Wildman–Crippen LogP) is 5.07. The van der Waals surface area contributed by atoms with Crippen LogP contribution in [0.25, 0.3) is 11.0 Å². The molecule has 1 aliphatic heterocycles. The first-order valence-corrected chi connectivity index (χ1v) is 11.1. The Bertz CT molecular complexity index is 1000. The van der Waals surface area contributed by atoms with Gasteiger partial charge in [0.1, 0.15) is 17.8 Å². The van der Waals surface area contributed by atoms with Gasteiger partial charge in [0.15, 0.2) is 5.78 Å². The highest BCUT2D eigenvalue weighted by Crippen LogP contribution is 2.29. The number of aromatic nitrogens is 3. The molecule has 2 atom stereocenters. The minimum Gasteiger partial charge on any atom is -0.375 e. The van der Waals surface area contributed by atoms with Gasteiger partial charge in [0.25, 0.3) is 0 Å². The number of H-pyrrole nitrogens is 1. The smallest absolute Gasteiger partial charge is 0.155 e. The monoisotopic (exact) mass is 425 g/mol. The highest BCUT2D eigenvalue weighted by molar-refractivity contribution is 6.30. The maximum Gasteiger partial charge on any atom is 0.155 e. The van der Waals surface area contributed by atoms with Crippen molar-refractivity contribution in [1.82, 2.24) is 15.0 Å². The summed E-state index contributed by atoms with van der Waals surface area (Å²) in [6.07, 6.45) is 7.98. The van der Waals surface area contributed by atoms with E-state index in [1.807, 2.05) is 36.5 Å². The molecule has 0 unspecified atom stereocenters. The Morgan fingerprint density at radius 2 is 2.27 bits per heavy atom. The van der Waals surface area contributed by atoms with Gasteiger partial charge < -0.3 is 15.2 Å². The van der Waals surface area contributed by atoms with Crippen molar-refractivity contribution in [1.29, 1.82) is 0 Å². The second kappa shape index (κ2) is 9.47. The number of carbonyl (C=O) groups excluding carboxylic acids is 1. The molecule has 6 nitrogen and oxygen atoms in total. The second-order valence-corrected chi connectivity index (χ2v) is 8.49. The van der Waals surface area contributed by atoms with E-state index in [1.165, 1.54) is 0 Å². The van der Waals surface area contributed by atoms with Gasteiger partial charge in [-0.25, -0.2) is 9.97 Å². The van der Waals surface area contributed by atoms with Gasteiger partial charge in [0.05, 0.1) is 11.4 Å². The summed E-state index contributed by atoms with van der Waals surface area (Å²) >= 11 is 6.11. The SMILES string of the molecule is CCC[C@@H](Nc1cccc(Cl)c1)C(=O)C[C@@H]1CCCN(c2ncnc3[nH]ccc23)C1. The van der Waals surface area contributed by atoms with Crippen LogP contribution in [-0.4, -0.2) is 39.9 Å². The van der Waals surface area contributed by atoms with Crippen LogP contribution in [0.1, 0.15) is 39.0 Å². The number of aromatic amines is 1. The van der Waals surface area contributed by atoms with E-state index in [4.69, 9.17) is 11.6 Å². The van der Waals surface area contributed by atoms with Crippen LogP contribution in [0, 0.1) is 5.92 Å². The Morgan fingerprint density at radius 3 is 3.10 bits per heavy atom. The first-order valence-electron chi connectivity index (χ1n) is 10.7. The number of nitrogens with one attached hydrogen (secondary N) is 2. The van der Waals surface area contributed by atoms with Gasteiger partial charge in [-0.3, -0.25) is 4.79 Å². The number of ketones is 1. The van der Waals surface area contributed by atoms with E-state index in [0.717, 1.165) is 61.3 Å². The van der Waals surface area contributed by atoms with Crippen LogP contribution in [0.2, 0.25) is 5.02 Å². The van der Waals surface area contributed by atoms with Gasteiger partial charge in [-0.15, -0.1) is 0 Å². The highest BCUT2D eigenvalue weighted by Gasteiger charge is 2.27. The zero-order valence-corrected chi connectivity index (χ0v) is 18.0. The van der Waals surface area contributed by atoms with Crippen LogP contribution < -0.4 is 10.2 Å². The van der Waals surface area contributed by atoms with Crippen LogP contribution in [0.15, 0.2) is 42.9 Å². The van der Waals surface area contributed by atoms with Crippen molar-refractivity contribution in [2.24, 2.45) is 5.92 Å². The maximum absolute atomic E-state index is 13.2. The lowest BCUT2D eigenvalue weighted by Gasteiger charge is -2.34. The Balaban J connectivity index is 1.43. The van der Waals surface area contributed by atoms with Gasteiger partial charge in [0, 0.05) is 36.4 Å². The average Bonchev–Trinajstić information content (AvgIpc) is 3.22. The normalized spacial score (nSPS) is 17.8. The van der Waals surface area contributed by atoms with Gasteiger partial charge in [-0.1, -0.05) is 31.0 Å². The topological polar surface area (TPSA) is 73.9 Å². The Labute approximate surface area is 182 Å². The summed E-state index contributed by atoms with van der Waals surface area (Å²) < 4.78 is 0. The van der Waals surface area contributed by atoms with Crippen molar-refractivity contribution in [3.05, 3.63) is 47.9 Å². The minimum absolute atomic E-state index is 0.181. The Kier molecular flexibility index (Phi) is 6.53. The molecule has 2 aromatic heterocycles. The lowest BCUT2D eigenvalue weighted by molar-refractivity contribution is -0.120. The number of rotatable bonds is 8. The van der Waals surface area contributed by atoms with E-state index in [-0.39, 0.29) is 11.8 Å². The predicted molar refractivity (Wildman–Crippen MR) is 122 cm³/mol. The summed E-state index contributed by atoms with van der Waals surface area (Å²) in [7, 11) is 0. The van der Waals surface area contributed by atoms with E-state index in [0.29, 0.717) is 17.4 Å². The molecule has 3 aromatic rings. The lowest BCUT2D eigenvalue weighted by atomic mass is 9.89. The molecule has 1 aromatic carbocycles. The zero-order valence-electron chi connectivity index (χ0n) is 17.3. The summed E-state index contributed by atoms with van der Waals surface area (Å²) in [5, 5.41) is 5.11. The molecule has 4 rings (SSSR count). The molecule has 0 aliphatic carbocycles. The fourth-order valence-corrected chi connectivity index (χ4v) is 4.53. The molecule has 158 valence electrons. The molecule has 30 heavy (non-hydrogen) atoms. The number of benzene rings is 1. The number of halogens is 1. The molecule has 1 fully saturated rings. The van der Waals surface area contributed by atoms with Crippen molar-refractivity contribution in [2.75, 3.05) is 23.3 Å². The molecule has 3 heterocycles. The quantitative estimate of drug-likeness (QED) is 0.527. The van der Waals surface area contributed by atoms with Crippen LogP contribution in [0.5, 0.6) is 0 Å². The first-order chi connectivity index (χ1) is 14.6. The number of fused-ring (bicyclic) bond motifs is 1. The van der Waals surface area contributed by atoms with Crippen LogP contribution >= 0.6 is 11.6 Å². The standard InChI is InChI=1S/C23H28ClN5O/c1-2-5-20(28-18-8-3-7-17(24)13-18)21(30)12-16-6-4-11-29(14-16)23-19-9-10-25-22(19)26-15-27-23/h3,7-10,13,15-16,20,28H,2,4-6,11-12,14H2,1H3,(H,25,26,27)/t16-,20+/m0/s1. The molecule has 0 saturated carbocycles. The number of hydrogen-bond acceptors (Lipinski definition) is 5. The number of anilines is 2. The summed E-state index contributed by atoms with van der Waals surface area (Å²) in [5.74, 6) is 1.56. The summed E-state index contributed by atoms with van der Waals surface area (Å²) in [5.41, 5.74) is 1.75. The van der Waals surface area contributed by atoms with Crippen molar-refractivity contribution in [3.63, 3.8) is 0 Å². The molecule has 0 bridgehead atoms. The van der Waals surface area contributed by atoms with Crippen molar-refractivity contribution in [2.45, 2.75) is 45.1 Å². The molecular formula is C23H28ClN5O. The van der Waals surface area contributed by atoms with Crippen molar-refractivity contribution < 1.29 is 4.79 Å². The third kappa shape index (κ3) is 4.75. The number of nitrogens with zero attached hydrogens (tertiary/aromatic N) is 3. The van der Waals surface area contributed by atoms with Crippen LogP contribution in [0.3, 0.4) is 0 Å². The van der Waals surface area contributed by atoms with E-state index >= 15 is 0 Å². The molecule has 1 saturated heterocycles. The third-order valence-corrected chi connectivity index (χ3v) is 6.01. The van der Waals surface area contributed by atoms with E-state index < -0.39 is 0 Å². The Morgan fingerprint density at radius 1 is 1.37 bits per heavy atom. The van der Waals surface area contributed by atoms with Crippen LogP contribution in [-0.2, 0) is 4.79 Å². The average molecular weight is 426 g/mol. The molecule has 0 amide bonds.